The molecule has 0 bridgehead atoms. The highest BCUT2D eigenvalue weighted by Crippen LogP contribution is 2.28. The van der Waals surface area contributed by atoms with E-state index in [1.807, 2.05) is 41.8 Å². The fourth-order valence-electron chi connectivity index (χ4n) is 2.93. The predicted octanol–water partition coefficient (Wildman–Crippen LogP) is 5.04. The first-order chi connectivity index (χ1) is 13.2. The number of nitrogens with one attached hydrogen (secondary N) is 2. The van der Waals surface area contributed by atoms with Gasteiger partial charge in [0, 0.05) is 18.3 Å². The van der Waals surface area contributed by atoms with Gasteiger partial charge in [0.2, 0.25) is 0 Å². The van der Waals surface area contributed by atoms with E-state index < -0.39 is 0 Å². The molecule has 4 nitrogen and oxygen atoms in total. The molecule has 4 aromatic rings. The van der Waals surface area contributed by atoms with E-state index in [9.17, 15) is 4.79 Å². The highest BCUT2D eigenvalue weighted by Gasteiger charge is 2.14. The molecule has 0 saturated carbocycles. The van der Waals surface area contributed by atoms with Gasteiger partial charge in [0.05, 0.1) is 10.6 Å². The number of amides is 1. The second-order valence-electron chi connectivity index (χ2n) is 6.38. The number of carbonyl (C=O) groups is 1. The summed E-state index contributed by atoms with van der Waals surface area (Å²) in [4.78, 5) is 13.4. The number of aromatic nitrogens is 2. The second kappa shape index (κ2) is 7.60. The molecule has 2 N–H and O–H groups in total. The van der Waals surface area contributed by atoms with Gasteiger partial charge >= 0.3 is 0 Å². The van der Waals surface area contributed by atoms with Crippen molar-refractivity contribution in [2.45, 2.75) is 13.5 Å². The zero-order valence-corrected chi connectivity index (χ0v) is 15.7. The molecule has 0 aliphatic rings. The third-order valence-electron chi connectivity index (χ3n) is 4.45. The lowest BCUT2D eigenvalue weighted by Gasteiger charge is -2.08. The minimum absolute atomic E-state index is 0.0433. The molecule has 0 fully saturated rings. The predicted molar refractivity (Wildman–Crippen MR) is 110 cm³/mol. The maximum Gasteiger partial charge on any atom is 0.262 e. The molecule has 4 rings (SSSR count). The molecule has 134 valence electrons. The number of nitrogens with zero attached hydrogens (tertiary/aromatic N) is 1. The van der Waals surface area contributed by atoms with Crippen molar-refractivity contribution in [1.29, 1.82) is 0 Å². The van der Waals surface area contributed by atoms with Crippen molar-refractivity contribution in [2.24, 2.45) is 0 Å². The molecule has 0 saturated heterocycles. The van der Waals surface area contributed by atoms with Gasteiger partial charge in [-0.05, 0) is 41.1 Å². The molecule has 1 amide bonds. The first-order valence-corrected chi connectivity index (χ1v) is 9.60. The zero-order chi connectivity index (χ0) is 18.6. The van der Waals surface area contributed by atoms with Crippen LogP contribution in [0.1, 0.15) is 20.8 Å². The van der Waals surface area contributed by atoms with Gasteiger partial charge in [-0.25, -0.2) is 0 Å². The first kappa shape index (κ1) is 17.2. The first-order valence-electron chi connectivity index (χ1n) is 8.72. The zero-order valence-electron chi connectivity index (χ0n) is 14.9. The Hall–Kier alpha value is -3.18. The lowest BCUT2D eigenvalue weighted by atomic mass is 10.0. The van der Waals surface area contributed by atoms with E-state index in [1.165, 1.54) is 16.9 Å². The summed E-state index contributed by atoms with van der Waals surface area (Å²) in [5.74, 6) is -0.0433. The highest BCUT2D eigenvalue weighted by atomic mass is 32.1. The van der Waals surface area contributed by atoms with E-state index >= 15 is 0 Å². The molecule has 2 heterocycles. The number of H-pyrrole nitrogens is 1. The van der Waals surface area contributed by atoms with Crippen LogP contribution in [0.25, 0.3) is 22.4 Å². The Bertz CT molecular complexity index is 1030. The van der Waals surface area contributed by atoms with Crippen molar-refractivity contribution in [2.75, 3.05) is 0 Å². The van der Waals surface area contributed by atoms with Gasteiger partial charge in [-0.1, -0.05) is 54.1 Å². The van der Waals surface area contributed by atoms with E-state index in [4.69, 9.17) is 0 Å². The van der Waals surface area contributed by atoms with Crippen molar-refractivity contribution < 1.29 is 4.79 Å². The maximum atomic E-state index is 12.7. The molecular weight excluding hydrogens is 354 g/mol. The normalized spacial score (nSPS) is 10.7. The average molecular weight is 373 g/mol. The van der Waals surface area contributed by atoms with Crippen molar-refractivity contribution in [3.63, 3.8) is 0 Å². The van der Waals surface area contributed by atoms with Gasteiger partial charge in [0.1, 0.15) is 0 Å². The molecule has 0 radical (unpaired) electrons. The summed E-state index contributed by atoms with van der Waals surface area (Å²) in [6, 6.07) is 20.3. The van der Waals surface area contributed by atoms with E-state index in [0.717, 1.165) is 32.8 Å². The van der Waals surface area contributed by atoms with Crippen LogP contribution in [-0.4, -0.2) is 16.1 Å². The lowest BCUT2D eigenvalue weighted by molar-refractivity contribution is 0.0955. The minimum atomic E-state index is -0.0433. The number of aryl methyl sites for hydroxylation is 1. The summed E-state index contributed by atoms with van der Waals surface area (Å²) in [5.41, 5.74) is 6.36. The van der Waals surface area contributed by atoms with Crippen LogP contribution in [0.3, 0.4) is 0 Å². The second-order valence-corrected chi connectivity index (χ2v) is 7.30. The summed E-state index contributed by atoms with van der Waals surface area (Å²) < 4.78 is 0. The number of benzene rings is 2. The number of hydrogen-bond donors (Lipinski definition) is 2. The van der Waals surface area contributed by atoms with E-state index in [1.54, 1.807) is 6.20 Å². The van der Waals surface area contributed by atoms with Crippen LogP contribution in [0.2, 0.25) is 0 Å². The lowest BCUT2D eigenvalue weighted by Crippen LogP contribution is -2.22. The summed E-state index contributed by atoms with van der Waals surface area (Å²) in [6.45, 7) is 2.55. The maximum absolute atomic E-state index is 12.7. The largest absolute Gasteiger partial charge is 0.347 e. The summed E-state index contributed by atoms with van der Waals surface area (Å²) in [5, 5.41) is 11.9. The monoisotopic (exact) mass is 373 g/mol. The van der Waals surface area contributed by atoms with Gasteiger partial charge < -0.3 is 5.32 Å². The Morgan fingerprint density at radius 2 is 1.74 bits per heavy atom. The van der Waals surface area contributed by atoms with E-state index in [-0.39, 0.29) is 5.91 Å². The van der Waals surface area contributed by atoms with Gasteiger partial charge in [-0.3, -0.25) is 9.89 Å². The molecule has 2 aromatic carbocycles. The number of thiophene rings is 1. The van der Waals surface area contributed by atoms with Gasteiger partial charge in [-0.2, -0.15) is 5.10 Å². The number of rotatable bonds is 5. The van der Waals surface area contributed by atoms with Crippen LogP contribution in [0.5, 0.6) is 0 Å². The fraction of sp³-hybridized carbons (Fsp3) is 0.0909. The van der Waals surface area contributed by atoms with Crippen LogP contribution < -0.4 is 5.32 Å². The number of carbonyl (C=O) groups excluding carboxylic acids is 1. The van der Waals surface area contributed by atoms with Crippen LogP contribution in [0, 0.1) is 6.92 Å². The molecule has 0 spiro atoms. The molecule has 0 unspecified atom stereocenters. The molecule has 0 atom stereocenters. The van der Waals surface area contributed by atoms with Gasteiger partial charge in [-0.15, -0.1) is 11.3 Å². The quantitative estimate of drug-likeness (QED) is 0.515. The summed E-state index contributed by atoms with van der Waals surface area (Å²) >= 11 is 1.47. The SMILES string of the molecule is Cc1ccc(-c2ccsc2C(=O)NCc2ccc(-c3ccn[nH]3)cc2)cc1. The van der Waals surface area contributed by atoms with Crippen LogP contribution in [0.15, 0.2) is 72.2 Å². The Labute approximate surface area is 161 Å². The Morgan fingerprint density at radius 1 is 1.00 bits per heavy atom. The van der Waals surface area contributed by atoms with Crippen molar-refractivity contribution in [1.82, 2.24) is 15.5 Å². The van der Waals surface area contributed by atoms with Gasteiger partial charge in [0.25, 0.3) is 5.91 Å². The Balaban J connectivity index is 1.44. The van der Waals surface area contributed by atoms with Crippen molar-refractivity contribution in [3.8, 4) is 22.4 Å². The fourth-order valence-corrected chi connectivity index (χ4v) is 3.76. The average Bonchev–Trinajstić information content (AvgIpc) is 3.39. The third kappa shape index (κ3) is 3.83. The molecule has 27 heavy (non-hydrogen) atoms. The van der Waals surface area contributed by atoms with E-state index in [2.05, 4.69) is 46.7 Å². The van der Waals surface area contributed by atoms with E-state index in [0.29, 0.717) is 6.54 Å². The smallest absolute Gasteiger partial charge is 0.262 e. The third-order valence-corrected chi connectivity index (χ3v) is 5.37. The molecule has 0 aliphatic heterocycles. The Morgan fingerprint density at radius 3 is 2.44 bits per heavy atom. The molecule has 0 aliphatic carbocycles. The summed E-state index contributed by atoms with van der Waals surface area (Å²) in [6.07, 6.45) is 1.73. The standard InChI is InChI=1S/C22H19N3OS/c1-15-2-6-17(7-3-15)19-11-13-27-21(19)22(26)23-14-16-4-8-18(9-5-16)20-10-12-24-25-20/h2-13H,14H2,1H3,(H,23,26)(H,24,25). The van der Waals surface area contributed by atoms with Crippen LogP contribution >= 0.6 is 11.3 Å². The summed E-state index contributed by atoms with van der Waals surface area (Å²) in [7, 11) is 0. The van der Waals surface area contributed by atoms with Crippen LogP contribution in [0.4, 0.5) is 0 Å². The topological polar surface area (TPSA) is 57.8 Å². The molecule has 5 heteroatoms. The van der Waals surface area contributed by atoms with Gasteiger partial charge in [0.15, 0.2) is 0 Å². The molecule has 2 aromatic heterocycles. The van der Waals surface area contributed by atoms with Crippen LogP contribution in [-0.2, 0) is 6.54 Å². The number of aromatic amines is 1. The number of hydrogen-bond acceptors (Lipinski definition) is 3. The molecular formula is C22H19N3OS. The minimum Gasteiger partial charge on any atom is -0.347 e. The van der Waals surface area contributed by atoms with Crippen molar-refractivity contribution in [3.05, 3.63) is 88.2 Å². The van der Waals surface area contributed by atoms with Crippen molar-refractivity contribution >= 4 is 17.2 Å². The highest BCUT2D eigenvalue weighted by molar-refractivity contribution is 7.12. The Kier molecular flexibility index (Phi) is 4.85.